The van der Waals surface area contributed by atoms with Crippen molar-refractivity contribution < 1.29 is 39.9 Å². The number of benzene rings is 1. The number of fused-ring (bicyclic) bond motifs is 2. The first-order valence-corrected chi connectivity index (χ1v) is 15.5. The number of halogens is 3. The van der Waals surface area contributed by atoms with Gasteiger partial charge < -0.3 is 15.3 Å². The number of carbonyl (C=O) groups excluding carboxylic acids is 1. The number of thiophene rings is 1. The third-order valence-electron chi connectivity index (χ3n) is 6.70. The van der Waals surface area contributed by atoms with Gasteiger partial charge in [0.15, 0.2) is 23.3 Å². The second kappa shape index (κ2) is 9.36. The lowest BCUT2D eigenvalue weighted by Gasteiger charge is -2.38. The molecule has 38 heavy (non-hydrogen) atoms. The molecule has 1 aromatic carbocycles. The summed E-state index contributed by atoms with van der Waals surface area (Å²) < 4.78 is 96.8. The Morgan fingerprint density at radius 2 is 1.95 bits per heavy atom. The number of hydrogen-bond donors (Lipinski definition) is 3. The van der Waals surface area contributed by atoms with E-state index in [2.05, 4.69) is 14.4 Å². The fourth-order valence-corrected chi connectivity index (χ4v) is 8.02. The van der Waals surface area contributed by atoms with Crippen LogP contribution in [-0.2, 0) is 37.9 Å². The maximum atomic E-state index is 14.5. The van der Waals surface area contributed by atoms with E-state index in [0.29, 0.717) is 19.3 Å². The molecule has 1 fully saturated rings. The van der Waals surface area contributed by atoms with Crippen molar-refractivity contribution in [2.24, 2.45) is 10.3 Å². The summed E-state index contributed by atoms with van der Waals surface area (Å²) in [5, 5.41) is 15.3. The van der Waals surface area contributed by atoms with Gasteiger partial charge in [0.05, 0.1) is 6.26 Å². The number of amidine groups is 1. The molecule has 0 saturated heterocycles. The van der Waals surface area contributed by atoms with E-state index in [1.54, 1.807) is 0 Å². The summed E-state index contributed by atoms with van der Waals surface area (Å²) in [5.41, 5.74) is -0.557. The zero-order valence-electron chi connectivity index (χ0n) is 19.7. The average molecular weight is 591 g/mol. The Labute approximate surface area is 220 Å². The quantitative estimate of drug-likeness (QED) is 0.439. The maximum Gasteiger partial charge on any atom is 0.287 e. The average Bonchev–Trinajstić information content (AvgIpc) is 3.47. The number of aliphatic hydroxyl groups is 1. The molecule has 3 aliphatic rings. The second-order valence-electron chi connectivity index (χ2n) is 9.18. The molecule has 10 nitrogen and oxygen atoms in total. The first-order chi connectivity index (χ1) is 17.8. The molecule has 1 amide bonds. The van der Waals surface area contributed by atoms with Crippen LogP contribution < -0.4 is 10.0 Å². The van der Waals surface area contributed by atoms with Crippen LogP contribution >= 0.6 is 11.3 Å². The molecule has 3 heterocycles. The van der Waals surface area contributed by atoms with Crippen LogP contribution in [0.5, 0.6) is 0 Å². The monoisotopic (exact) mass is 590 g/mol. The van der Waals surface area contributed by atoms with Gasteiger partial charge in [-0.15, -0.1) is 15.7 Å². The van der Waals surface area contributed by atoms with E-state index < -0.39 is 73.3 Å². The van der Waals surface area contributed by atoms with Crippen LogP contribution in [-0.4, -0.2) is 50.9 Å². The number of nitrogens with one attached hydrogen (secondary N) is 2. The molecule has 16 heteroatoms. The van der Waals surface area contributed by atoms with E-state index in [4.69, 9.17) is 0 Å². The predicted molar refractivity (Wildman–Crippen MR) is 132 cm³/mol. The molecule has 1 saturated carbocycles. The lowest BCUT2D eigenvalue weighted by atomic mass is 9.89. The van der Waals surface area contributed by atoms with Gasteiger partial charge >= 0.3 is 0 Å². The van der Waals surface area contributed by atoms with Crippen LogP contribution in [0.2, 0.25) is 0 Å². The first-order valence-electron chi connectivity index (χ1n) is 11.3. The minimum absolute atomic E-state index is 0.0696. The van der Waals surface area contributed by atoms with E-state index in [0.717, 1.165) is 29.7 Å². The van der Waals surface area contributed by atoms with Crippen LogP contribution in [0.4, 0.5) is 18.2 Å². The molecule has 0 unspecified atom stereocenters. The number of sulfonamides is 2. The highest BCUT2D eigenvalue weighted by molar-refractivity contribution is 7.91. The summed E-state index contributed by atoms with van der Waals surface area (Å²) in [6.45, 7) is -0.744. The Kier molecular flexibility index (Phi) is 6.56. The van der Waals surface area contributed by atoms with Gasteiger partial charge in [0.25, 0.3) is 15.9 Å². The molecular weight excluding hydrogens is 569 g/mol. The minimum Gasteiger partial charge on any atom is -0.511 e. The van der Waals surface area contributed by atoms with E-state index in [1.807, 2.05) is 0 Å². The van der Waals surface area contributed by atoms with Gasteiger partial charge in [-0.1, -0.05) is 12.5 Å². The lowest BCUT2D eigenvalue weighted by Crippen LogP contribution is -2.49. The topological polar surface area (TPSA) is 145 Å². The Morgan fingerprint density at radius 1 is 1.21 bits per heavy atom. The number of amides is 1. The van der Waals surface area contributed by atoms with E-state index in [9.17, 15) is 39.9 Å². The van der Waals surface area contributed by atoms with E-state index in [1.165, 1.54) is 10.3 Å². The smallest absolute Gasteiger partial charge is 0.287 e. The van der Waals surface area contributed by atoms with E-state index in [-0.39, 0.29) is 33.3 Å². The SMILES string of the molecule is CS(=O)(=O)NCc1csc2c1S(=O)(=O)N=C(C1=C(O)[C@@H]3CCC[C@@H]3N(Cc3ccc(F)c(F)c3F)C1=O)N2. The molecule has 2 aliphatic heterocycles. The highest BCUT2D eigenvalue weighted by atomic mass is 32.2. The number of hydrogen-bond acceptors (Lipinski definition) is 8. The Hall–Kier alpha value is -2.95. The zero-order chi connectivity index (χ0) is 27.6. The highest BCUT2D eigenvalue weighted by Gasteiger charge is 2.47. The third-order valence-corrected chi connectivity index (χ3v) is 9.84. The van der Waals surface area contributed by atoms with Crippen LogP contribution in [0.3, 0.4) is 0 Å². The summed E-state index contributed by atoms with van der Waals surface area (Å²) in [7, 11) is -8.04. The molecule has 204 valence electrons. The molecule has 0 radical (unpaired) electrons. The summed E-state index contributed by atoms with van der Waals surface area (Å²) in [6, 6.07) is 1.20. The Balaban J connectivity index is 1.52. The fraction of sp³-hybridized carbons (Fsp3) is 0.364. The molecule has 2 aromatic rings. The lowest BCUT2D eigenvalue weighted by molar-refractivity contribution is -0.132. The Morgan fingerprint density at radius 3 is 2.66 bits per heavy atom. The van der Waals surface area contributed by atoms with Crippen molar-refractivity contribution in [2.45, 2.75) is 43.3 Å². The highest BCUT2D eigenvalue weighted by Crippen LogP contribution is 2.43. The van der Waals surface area contributed by atoms with Crippen molar-refractivity contribution >= 4 is 48.1 Å². The van der Waals surface area contributed by atoms with Gasteiger partial charge in [-0.3, -0.25) is 4.79 Å². The molecule has 0 spiro atoms. The maximum absolute atomic E-state index is 14.5. The summed E-state index contributed by atoms with van der Waals surface area (Å²) in [4.78, 5) is 14.6. The van der Waals surface area contributed by atoms with Gasteiger partial charge in [-0.25, -0.2) is 26.3 Å². The Bertz CT molecular complexity index is 1640. The summed E-state index contributed by atoms with van der Waals surface area (Å²) in [6.07, 6.45) is 2.45. The van der Waals surface area contributed by atoms with Crippen LogP contribution in [0.1, 0.15) is 30.4 Å². The van der Waals surface area contributed by atoms with Crippen LogP contribution in [0.25, 0.3) is 0 Å². The fourth-order valence-electron chi connectivity index (χ4n) is 4.99. The molecule has 3 N–H and O–H groups in total. The van der Waals surface area contributed by atoms with Crippen molar-refractivity contribution in [3.63, 3.8) is 0 Å². The van der Waals surface area contributed by atoms with Gasteiger partial charge in [-0.05, 0) is 24.3 Å². The molecule has 0 bridgehead atoms. The number of aliphatic hydroxyl groups excluding tert-OH is 1. The number of anilines is 1. The van der Waals surface area contributed by atoms with Gasteiger partial charge in [0, 0.05) is 36.2 Å². The first kappa shape index (κ1) is 26.6. The minimum atomic E-state index is -4.42. The van der Waals surface area contributed by atoms with Crippen molar-refractivity contribution in [2.75, 3.05) is 11.6 Å². The van der Waals surface area contributed by atoms with Crippen molar-refractivity contribution in [3.8, 4) is 0 Å². The molecular formula is C22H21F3N4O6S3. The molecule has 5 rings (SSSR count). The zero-order valence-corrected chi connectivity index (χ0v) is 22.1. The third kappa shape index (κ3) is 4.58. The van der Waals surface area contributed by atoms with Crippen molar-refractivity contribution in [3.05, 3.63) is 57.4 Å². The van der Waals surface area contributed by atoms with Crippen molar-refractivity contribution in [1.82, 2.24) is 9.62 Å². The van der Waals surface area contributed by atoms with Gasteiger partial charge in [0.2, 0.25) is 10.0 Å². The summed E-state index contributed by atoms with van der Waals surface area (Å²) in [5.74, 6) is -6.74. The van der Waals surface area contributed by atoms with E-state index >= 15 is 0 Å². The predicted octanol–water partition coefficient (Wildman–Crippen LogP) is 2.75. The number of carbonyl (C=O) groups is 1. The van der Waals surface area contributed by atoms with Crippen molar-refractivity contribution in [1.29, 1.82) is 0 Å². The molecule has 1 aromatic heterocycles. The molecule has 1 aliphatic carbocycles. The molecule has 2 atom stereocenters. The standard InChI is InChI=1S/C22H21F3N4O6S3/c1-37(32,33)26-7-11-9-36-21-19(11)38(34,35)28-20(27-21)15-18(30)12-3-2-4-14(12)29(22(15)31)8-10-5-6-13(23)17(25)16(10)24/h5-6,9,12,14,26,30H,2-4,7-8H2,1H3,(H,27,28)/t12-,14+/m1/s1. The van der Waals surface area contributed by atoms with Crippen LogP contribution in [0.15, 0.2) is 38.1 Å². The normalized spacial score (nSPS) is 22.7. The summed E-state index contributed by atoms with van der Waals surface area (Å²) >= 11 is 0.941. The van der Waals surface area contributed by atoms with Gasteiger partial charge in [-0.2, -0.15) is 8.42 Å². The largest absolute Gasteiger partial charge is 0.511 e. The number of nitrogens with zero attached hydrogens (tertiary/aromatic N) is 2. The second-order valence-corrected chi connectivity index (χ2v) is 13.4. The van der Waals surface area contributed by atoms with Crippen LogP contribution in [0, 0.1) is 23.4 Å². The van der Waals surface area contributed by atoms with Gasteiger partial charge in [0.1, 0.15) is 21.2 Å². The number of rotatable bonds is 6.